The van der Waals surface area contributed by atoms with E-state index in [1.54, 1.807) is 36.4 Å². The number of ether oxygens (including phenoxy) is 4. The van der Waals surface area contributed by atoms with Crippen LogP contribution in [0.5, 0.6) is 23.0 Å². The molecule has 0 aliphatic rings. The molecule has 2 aromatic carbocycles. The van der Waals surface area contributed by atoms with Crippen LogP contribution in [0.3, 0.4) is 0 Å². The van der Waals surface area contributed by atoms with Crippen LogP contribution < -0.4 is 29.7 Å². The fraction of sp³-hybridized carbons (Fsp3) is 0.286. The average molecular weight is 415 g/mol. The molecule has 0 spiro atoms. The van der Waals surface area contributed by atoms with Gasteiger partial charge in [-0.1, -0.05) is 0 Å². The van der Waals surface area contributed by atoms with Gasteiger partial charge in [-0.05, 0) is 37.3 Å². The van der Waals surface area contributed by atoms with Gasteiger partial charge in [0.25, 0.3) is 11.8 Å². The lowest BCUT2D eigenvalue weighted by Gasteiger charge is -2.11. The minimum atomic E-state index is -0.482. The predicted octanol–water partition coefficient (Wildman–Crippen LogP) is 1.99. The molecule has 0 aromatic heterocycles. The third-order valence-corrected chi connectivity index (χ3v) is 3.97. The second-order valence-corrected chi connectivity index (χ2v) is 5.88. The molecule has 9 nitrogen and oxygen atoms in total. The van der Waals surface area contributed by atoms with Crippen LogP contribution in [0.2, 0.25) is 0 Å². The summed E-state index contributed by atoms with van der Waals surface area (Å²) in [6.45, 7) is 2.19. The summed E-state index contributed by atoms with van der Waals surface area (Å²) in [5, 5.41) is 6.42. The number of carbonyl (C=O) groups excluding carboxylic acids is 2. The van der Waals surface area contributed by atoms with Gasteiger partial charge in [0.05, 0.1) is 40.7 Å². The average Bonchev–Trinajstić information content (AvgIpc) is 2.77. The monoisotopic (exact) mass is 415 g/mol. The Morgan fingerprint density at radius 1 is 0.967 bits per heavy atom. The van der Waals surface area contributed by atoms with Crippen molar-refractivity contribution in [2.75, 3.05) is 34.5 Å². The van der Waals surface area contributed by atoms with Crippen LogP contribution in [-0.2, 0) is 4.79 Å². The molecule has 0 aliphatic heterocycles. The SMILES string of the molecule is CCOc1ccc(C(=O)NCC(=O)N/N=C\c2cc(OC)c(OC)cc2OC)cc1. The molecule has 2 rings (SSSR count). The van der Waals surface area contributed by atoms with Crippen molar-refractivity contribution in [1.29, 1.82) is 0 Å². The maximum atomic E-state index is 12.1. The Morgan fingerprint density at radius 3 is 2.20 bits per heavy atom. The first-order valence-corrected chi connectivity index (χ1v) is 9.15. The lowest BCUT2D eigenvalue weighted by molar-refractivity contribution is -0.120. The van der Waals surface area contributed by atoms with Crippen LogP contribution in [0, 0.1) is 0 Å². The van der Waals surface area contributed by atoms with Crippen molar-refractivity contribution in [2.24, 2.45) is 5.10 Å². The Morgan fingerprint density at radius 2 is 1.60 bits per heavy atom. The molecule has 9 heteroatoms. The van der Waals surface area contributed by atoms with Gasteiger partial charge in [0.1, 0.15) is 11.5 Å². The first kappa shape index (κ1) is 22.5. The number of hydrazone groups is 1. The van der Waals surface area contributed by atoms with Crippen LogP contribution in [-0.4, -0.2) is 52.5 Å². The highest BCUT2D eigenvalue weighted by molar-refractivity contribution is 5.96. The summed E-state index contributed by atoms with van der Waals surface area (Å²) in [6, 6.07) is 9.96. The molecule has 0 unspecified atom stereocenters. The lowest BCUT2D eigenvalue weighted by atomic mass is 10.2. The molecule has 2 aromatic rings. The highest BCUT2D eigenvalue weighted by atomic mass is 16.5. The molecule has 0 aliphatic carbocycles. The summed E-state index contributed by atoms with van der Waals surface area (Å²) >= 11 is 0. The van der Waals surface area contributed by atoms with E-state index < -0.39 is 5.91 Å². The topological polar surface area (TPSA) is 107 Å². The van der Waals surface area contributed by atoms with Crippen molar-refractivity contribution in [1.82, 2.24) is 10.7 Å². The van der Waals surface area contributed by atoms with Crippen LogP contribution in [0.25, 0.3) is 0 Å². The molecular formula is C21H25N3O6. The molecule has 2 N–H and O–H groups in total. The number of amides is 2. The first-order valence-electron chi connectivity index (χ1n) is 9.15. The van der Waals surface area contributed by atoms with Gasteiger partial charge in [-0.15, -0.1) is 0 Å². The van der Waals surface area contributed by atoms with Gasteiger partial charge in [-0.2, -0.15) is 5.10 Å². The van der Waals surface area contributed by atoms with E-state index in [1.807, 2.05) is 6.92 Å². The largest absolute Gasteiger partial charge is 0.496 e. The molecule has 2 amide bonds. The Hall–Kier alpha value is -3.75. The highest BCUT2D eigenvalue weighted by Crippen LogP contribution is 2.33. The van der Waals surface area contributed by atoms with Gasteiger partial charge in [0.15, 0.2) is 11.5 Å². The molecule has 160 valence electrons. The van der Waals surface area contributed by atoms with Crippen molar-refractivity contribution in [3.8, 4) is 23.0 Å². The standard InChI is InChI=1S/C21H25N3O6/c1-5-30-16-8-6-14(7-9-16)21(26)22-13-20(25)24-23-12-15-10-18(28-3)19(29-4)11-17(15)27-2/h6-12H,5,13H2,1-4H3,(H,22,26)(H,24,25)/b23-12-. The van der Waals surface area contributed by atoms with Gasteiger partial charge in [-0.25, -0.2) is 5.43 Å². The minimum Gasteiger partial charge on any atom is -0.496 e. The van der Waals surface area contributed by atoms with Gasteiger partial charge < -0.3 is 24.3 Å². The van der Waals surface area contributed by atoms with Crippen molar-refractivity contribution < 1.29 is 28.5 Å². The number of methoxy groups -OCH3 is 3. The number of benzene rings is 2. The Kier molecular flexibility index (Phi) is 8.49. The van der Waals surface area contributed by atoms with Gasteiger partial charge >= 0.3 is 0 Å². The molecule has 0 bridgehead atoms. The van der Waals surface area contributed by atoms with E-state index in [-0.39, 0.29) is 12.5 Å². The van der Waals surface area contributed by atoms with E-state index in [2.05, 4.69) is 15.8 Å². The summed E-state index contributed by atoms with van der Waals surface area (Å²) in [5.41, 5.74) is 3.35. The van der Waals surface area contributed by atoms with Crippen LogP contribution in [0.15, 0.2) is 41.5 Å². The Bertz CT molecular complexity index is 896. The third-order valence-electron chi connectivity index (χ3n) is 3.97. The first-order chi connectivity index (χ1) is 14.5. The van der Waals surface area contributed by atoms with Crippen LogP contribution >= 0.6 is 0 Å². The zero-order valence-corrected chi connectivity index (χ0v) is 17.4. The van der Waals surface area contributed by atoms with Crippen LogP contribution in [0.4, 0.5) is 0 Å². The van der Waals surface area contributed by atoms with E-state index >= 15 is 0 Å². The minimum absolute atomic E-state index is 0.230. The smallest absolute Gasteiger partial charge is 0.259 e. The highest BCUT2D eigenvalue weighted by Gasteiger charge is 2.11. The van der Waals surface area contributed by atoms with E-state index in [9.17, 15) is 9.59 Å². The molecule has 0 fully saturated rings. The second kappa shape index (κ2) is 11.3. The zero-order chi connectivity index (χ0) is 21.9. The van der Waals surface area contributed by atoms with Crippen molar-refractivity contribution in [3.05, 3.63) is 47.5 Å². The predicted molar refractivity (Wildman–Crippen MR) is 112 cm³/mol. The maximum absolute atomic E-state index is 12.1. The summed E-state index contributed by atoms with van der Waals surface area (Å²) in [4.78, 5) is 24.1. The van der Waals surface area contributed by atoms with E-state index in [4.69, 9.17) is 18.9 Å². The van der Waals surface area contributed by atoms with Gasteiger partial charge in [-0.3, -0.25) is 9.59 Å². The summed E-state index contributed by atoms with van der Waals surface area (Å²) < 4.78 is 21.1. The Balaban J connectivity index is 1.91. The molecule has 0 saturated heterocycles. The maximum Gasteiger partial charge on any atom is 0.259 e. The fourth-order valence-electron chi connectivity index (χ4n) is 2.50. The number of nitrogens with one attached hydrogen (secondary N) is 2. The van der Waals surface area contributed by atoms with Crippen molar-refractivity contribution in [2.45, 2.75) is 6.92 Å². The number of rotatable bonds is 10. The number of carbonyl (C=O) groups is 2. The summed E-state index contributed by atoms with van der Waals surface area (Å²) in [7, 11) is 4.54. The fourth-order valence-corrected chi connectivity index (χ4v) is 2.50. The Labute approximate surface area is 175 Å². The van der Waals surface area contributed by atoms with Crippen LogP contribution in [0.1, 0.15) is 22.8 Å². The molecule has 0 radical (unpaired) electrons. The molecule has 0 atom stereocenters. The quantitative estimate of drug-likeness (QED) is 0.454. The molecule has 30 heavy (non-hydrogen) atoms. The number of hydrogen-bond donors (Lipinski definition) is 2. The molecule has 0 heterocycles. The lowest BCUT2D eigenvalue weighted by Crippen LogP contribution is -2.34. The van der Waals surface area contributed by atoms with E-state index in [0.29, 0.717) is 40.7 Å². The summed E-state index contributed by atoms with van der Waals surface area (Å²) in [6.07, 6.45) is 1.41. The van der Waals surface area contributed by atoms with Gasteiger partial charge in [0, 0.05) is 17.2 Å². The third kappa shape index (κ3) is 6.13. The number of hydrogen-bond acceptors (Lipinski definition) is 7. The normalized spacial score (nSPS) is 10.4. The van der Waals surface area contributed by atoms with Crippen molar-refractivity contribution in [3.63, 3.8) is 0 Å². The van der Waals surface area contributed by atoms with E-state index in [0.717, 1.165) is 0 Å². The molecular weight excluding hydrogens is 390 g/mol. The second-order valence-electron chi connectivity index (χ2n) is 5.88. The number of nitrogens with zero attached hydrogens (tertiary/aromatic N) is 1. The van der Waals surface area contributed by atoms with Gasteiger partial charge in [0.2, 0.25) is 0 Å². The van der Waals surface area contributed by atoms with Crippen molar-refractivity contribution >= 4 is 18.0 Å². The summed E-state index contributed by atoms with van der Waals surface area (Å²) in [5.74, 6) is 1.31. The molecule has 0 saturated carbocycles. The zero-order valence-electron chi connectivity index (χ0n) is 17.4. The van der Waals surface area contributed by atoms with E-state index in [1.165, 1.54) is 27.5 Å².